The van der Waals surface area contributed by atoms with Gasteiger partial charge in [0.2, 0.25) is 5.95 Å². The van der Waals surface area contributed by atoms with Crippen LogP contribution in [0.15, 0.2) is 60.7 Å². The van der Waals surface area contributed by atoms with Crippen LogP contribution in [-0.4, -0.2) is 23.1 Å². The number of nitrogens with one attached hydrogen (secondary N) is 2. The second kappa shape index (κ2) is 9.03. The van der Waals surface area contributed by atoms with Gasteiger partial charge in [0.15, 0.2) is 0 Å². The monoisotopic (exact) mass is 362 g/mol. The molecule has 3 aromatic rings. The van der Waals surface area contributed by atoms with Gasteiger partial charge in [-0.05, 0) is 19.4 Å². The molecule has 0 saturated carbocycles. The van der Waals surface area contributed by atoms with Crippen LogP contribution in [0.3, 0.4) is 0 Å². The summed E-state index contributed by atoms with van der Waals surface area (Å²) in [5, 5.41) is 6.78. The van der Waals surface area contributed by atoms with E-state index in [2.05, 4.69) is 41.6 Å². The number of hydrogen-bond donors (Lipinski definition) is 2. The van der Waals surface area contributed by atoms with Gasteiger partial charge in [0.25, 0.3) is 0 Å². The SMILES string of the molecule is CCC(C)Nc1nc(NCc2ccccc2OC)cc(-c2ccccc2)n1. The van der Waals surface area contributed by atoms with E-state index in [4.69, 9.17) is 9.72 Å². The topological polar surface area (TPSA) is 59.1 Å². The lowest BCUT2D eigenvalue weighted by molar-refractivity contribution is 0.410. The average Bonchev–Trinajstić information content (AvgIpc) is 2.72. The van der Waals surface area contributed by atoms with Crippen LogP contribution in [0.4, 0.5) is 11.8 Å². The van der Waals surface area contributed by atoms with Crippen molar-refractivity contribution in [3.05, 3.63) is 66.2 Å². The lowest BCUT2D eigenvalue weighted by Crippen LogP contribution is -2.16. The molecule has 2 aromatic carbocycles. The van der Waals surface area contributed by atoms with Crippen molar-refractivity contribution in [2.24, 2.45) is 0 Å². The van der Waals surface area contributed by atoms with Gasteiger partial charge in [-0.1, -0.05) is 55.5 Å². The molecular formula is C22H26N4O. The van der Waals surface area contributed by atoms with Crippen LogP contribution in [0.25, 0.3) is 11.3 Å². The largest absolute Gasteiger partial charge is 0.496 e. The first-order valence-corrected chi connectivity index (χ1v) is 9.26. The summed E-state index contributed by atoms with van der Waals surface area (Å²) < 4.78 is 5.43. The molecule has 27 heavy (non-hydrogen) atoms. The van der Waals surface area contributed by atoms with Gasteiger partial charge in [-0.3, -0.25) is 0 Å². The third kappa shape index (κ3) is 4.97. The molecule has 0 aliphatic heterocycles. The van der Waals surface area contributed by atoms with Crippen LogP contribution in [-0.2, 0) is 6.54 Å². The number of methoxy groups -OCH3 is 1. The first kappa shape index (κ1) is 18.7. The average molecular weight is 362 g/mol. The number of benzene rings is 2. The molecule has 3 rings (SSSR count). The normalized spacial score (nSPS) is 11.7. The number of anilines is 2. The van der Waals surface area contributed by atoms with E-state index >= 15 is 0 Å². The predicted molar refractivity (Wildman–Crippen MR) is 111 cm³/mol. The molecule has 0 saturated heterocycles. The van der Waals surface area contributed by atoms with E-state index < -0.39 is 0 Å². The molecule has 0 bridgehead atoms. The Hall–Kier alpha value is -3.08. The maximum absolute atomic E-state index is 5.43. The Labute approximate surface area is 160 Å². The molecule has 0 amide bonds. The number of para-hydroxylation sites is 1. The zero-order valence-corrected chi connectivity index (χ0v) is 16.1. The van der Waals surface area contributed by atoms with E-state index in [9.17, 15) is 0 Å². The van der Waals surface area contributed by atoms with Crippen molar-refractivity contribution in [2.75, 3.05) is 17.7 Å². The van der Waals surface area contributed by atoms with Crippen molar-refractivity contribution in [1.29, 1.82) is 0 Å². The molecule has 0 aliphatic rings. The molecule has 5 heteroatoms. The van der Waals surface area contributed by atoms with Crippen molar-refractivity contribution < 1.29 is 4.74 Å². The summed E-state index contributed by atoms with van der Waals surface area (Å²) in [4.78, 5) is 9.34. The van der Waals surface area contributed by atoms with Gasteiger partial charge >= 0.3 is 0 Å². The molecule has 0 radical (unpaired) electrons. The molecule has 1 unspecified atom stereocenters. The molecule has 1 heterocycles. The van der Waals surface area contributed by atoms with Crippen LogP contribution < -0.4 is 15.4 Å². The van der Waals surface area contributed by atoms with E-state index in [0.29, 0.717) is 18.5 Å². The number of hydrogen-bond acceptors (Lipinski definition) is 5. The summed E-state index contributed by atoms with van der Waals surface area (Å²) >= 11 is 0. The Morgan fingerprint density at radius 2 is 1.74 bits per heavy atom. The molecule has 140 valence electrons. The standard InChI is InChI=1S/C22H26N4O/c1-4-16(2)24-22-25-19(17-10-6-5-7-11-17)14-21(26-22)23-15-18-12-8-9-13-20(18)27-3/h5-14,16H,4,15H2,1-3H3,(H2,23,24,25,26). The second-order valence-electron chi connectivity index (χ2n) is 6.45. The number of aromatic nitrogens is 2. The second-order valence-corrected chi connectivity index (χ2v) is 6.45. The summed E-state index contributed by atoms with van der Waals surface area (Å²) in [5.41, 5.74) is 3.03. The Balaban J connectivity index is 1.87. The number of ether oxygens (including phenoxy) is 1. The molecule has 2 N–H and O–H groups in total. The molecule has 0 aliphatic carbocycles. The van der Waals surface area contributed by atoms with Gasteiger partial charge in [0.1, 0.15) is 11.6 Å². The minimum atomic E-state index is 0.304. The zero-order chi connectivity index (χ0) is 19.1. The lowest BCUT2D eigenvalue weighted by atomic mass is 10.1. The van der Waals surface area contributed by atoms with Gasteiger partial charge < -0.3 is 15.4 Å². The lowest BCUT2D eigenvalue weighted by Gasteiger charge is -2.15. The van der Waals surface area contributed by atoms with Crippen molar-refractivity contribution in [2.45, 2.75) is 32.9 Å². The quantitative estimate of drug-likeness (QED) is 0.592. The fraction of sp³-hybridized carbons (Fsp3) is 0.273. The van der Waals surface area contributed by atoms with Crippen LogP contribution in [0, 0.1) is 0 Å². The fourth-order valence-electron chi connectivity index (χ4n) is 2.72. The van der Waals surface area contributed by atoms with Crippen LogP contribution in [0.2, 0.25) is 0 Å². The summed E-state index contributed by atoms with van der Waals surface area (Å²) in [6.07, 6.45) is 1.00. The predicted octanol–water partition coefficient (Wildman–Crippen LogP) is 4.97. The van der Waals surface area contributed by atoms with Gasteiger partial charge in [0.05, 0.1) is 12.8 Å². The Kier molecular flexibility index (Phi) is 6.26. The van der Waals surface area contributed by atoms with Gasteiger partial charge in [0, 0.05) is 29.8 Å². The minimum absolute atomic E-state index is 0.304. The number of nitrogens with zero attached hydrogens (tertiary/aromatic N) is 2. The van der Waals surface area contributed by atoms with Crippen molar-refractivity contribution in [3.63, 3.8) is 0 Å². The highest BCUT2D eigenvalue weighted by molar-refractivity contribution is 5.64. The Morgan fingerprint density at radius 1 is 1.00 bits per heavy atom. The molecule has 1 atom stereocenters. The molecule has 5 nitrogen and oxygen atoms in total. The maximum Gasteiger partial charge on any atom is 0.225 e. The van der Waals surface area contributed by atoms with Crippen molar-refractivity contribution >= 4 is 11.8 Å². The van der Waals surface area contributed by atoms with Crippen molar-refractivity contribution in [1.82, 2.24) is 9.97 Å². The van der Waals surface area contributed by atoms with Crippen LogP contribution >= 0.6 is 0 Å². The van der Waals surface area contributed by atoms with Gasteiger partial charge in [-0.2, -0.15) is 4.98 Å². The van der Waals surface area contributed by atoms with Gasteiger partial charge in [-0.25, -0.2) is 4.98 Å². The van der Waals surface area contributed by atoms with E-state index in [1.165, 1.54) is 0 Å². The molecule has 0 fully saturated rings. The maximum atomic E-state index is 5.43. The van der Waals surface area contributed by atoms with Crippen LogP contribution in [0.1, 0.15) is 25.8 Å². The smallest absolute Gasteiger partial charge is 0.225 e. The van der Waals surface area contributed by atoms with Crippen LogP contribution in [0.5, 0.6) is 5.75 Å². The third-order valence-electron chi connectivity index (χ3n) is 4.44. The van der Waals surface area contributed by atoms with E-state index in [1.54, 1.807) is 7.11 Å². The van der Waals surface area contributed by atoms with E-state index in [0.717, 1.165) is 34.8 Å². The minimum Gasteiger partial charge on any atom is -0.496 e. The molecule has 0 spiro atoms. The summed E-state index contributed by atoms with van der Waals surface area (Å²) in [5.74, 6) is 2.27. The number of rotatable bonds is 8. The molecular weight excluding hydrogens is 336 g/mol. The summed E-state index contributed by atoms with van der Waals surface area (Å²) in [6.45, 7) is 4.89. The summed E-state index contributed by atoms with van der Waals surface area (Å²) in [6, 6.07) is 20.4. The highest BCUT2D eigenvalue weighted by Gasteiger charge is 2.09. The zero-order valence-electron chi connectivity index (χ0n) is 16.1. The van der Waals surface area contributed by atoms with E-state index in [1.807, 2.05) is 48.5 Å². The van der Waals surface area contributed by atoms with Crippen molar-refractivity contribution in [3.8, 4) is 17.0 Å². The summed E-state index contributed by atoms with van der Waals surface area (Å²) in [7, 11) is 1.69. The van der Waals surface area contributed by atoms with E-state index in [-0.39, 0.29) is 0 Å². The molecule has 1 aromatic heterocycles. The fourth-order valence-corrected chi connectivity index (χ4v) is 2.72. The highest BCUT2D eigenvalue weighted by atomic mass is 16.5. The van der Waals surface area contributed by atoms with Gasteiger partial charge in [-0.15, -0.1) is 0 Å². The Morgan fingerprint density at radius 3 is 2.48 bits per heavy atom. The Bertz CT molecular complexity index is 867. The third-order valence-corrected chi connectivity index (χ3v) is 4.44. The first-order valence-electron chi connectivity index (χ1n) is 9.26. The highest BCUT2D eigenvalue weighted by Crippen LogP contribution is 2.23. The first-order chi connectivity index (χ1) is 13.2.